The van der Waals surface area contributed by atoms with Gasteiger partial charge in [-0.15, -0.1) is 0 Å². The van der Waals surface area contributed by atoms with Crippen molar-refractivity contribution in [2.24, 2.45) is 16.7 Å². The van der Waals surface area contributed by atoms with Crippen LogP contribution in [0.15, 0.2) is 41.5 Å². The molecule has 4 aliphatic rings. The molecule has 8 atom stereocenters. The highest BCUT2D eigenvalue weighted by Gasteiger charge is 2.83. The van der Waals surface area contributed by atoms with Gasteiger partial charge >= 0.3 is 17.9 Å². The fourth-order valence-corrected chi connectivity index (χ4v) is 8.13. The number of carbonyl (C=O) groups is 3. The molecule has 1 aliphatic heterocycles. The fraction of sp³-hybridized carbons (Fsp3) is 0.621. The number of hydrogen-bond donors (Lipinski definition) is 4. The van der Waals surface area contributed by atoms with Gasteiger partial charge in [-0.05, 0) is 51.3 Å². The average molecular weight is 545 g/mol. The van der Waals surface area contributed by atoms with Gasteiger partial charge in [0.1, 0.15) is 23.9 Å². The predicted octanol–water partition coefficient (Wildman–Crippen LogP) is 1.43. The van der Waals surface area contributed by atoms with Gasteiger partial charge in [0.2, 0.25) is 0 Å². The first-order valence-electron chi connectivity index (χ1n) is 13.2. The number of carbonyl (C=O) groups excluding carboxylic acids is 3. The van der Waals surface area contributed by atoms with Gasteiger partial charge in [0.05, 0.1) is 23.2 Å². The number of aliphatic hydroxyl groups is 4. The number of ether oxygens (including phenoxy) is 3. The number of esters is 3. The zero-order valence-corrected chi connectivity index (χ0v) is 22.8. The van der Waals surface area contributed by atoms with Crippen LogP contribution in [0.4, 0.5) is 0 Å². The van der Waals surface area contributed by atoms with Gasteiger partial charge in [-0.25, -0.2) is 9.59 Å². The summed E-state index contributed by atoms with van der Waals surface area (Å²) in [5.74, 6) is -3.63. The van der Waals surface area contributed by atoms with E-state index < -0.39 is 76.4 Å². The number of benzene rings is 1. The standard InChI is InChI=1S/C29H36O10/c1-15-11-20(32)27-13-18-26(5,29(36,22(15)27)24(34)39-25(27,3)4)19(31)12-21(38-16(2)30)28(18,35)14-37-23(33)17-9-7-6-8-10-17/h6-10,18-21,31-32,35-36H,11-14H2,1-5H3/t18-,19-,20+,21-,26-,27-,28+,29+/m0/s1. The Morgan fingerprint density at radius 2 is 1.72 bits per heavy atom. The second-order valence-corrected chi connectivity index (χ2v) is 12.3. The summed E-state index contributed by atoms with van der Waals surface area (Å²) in [5.41, 5.74) is -7.78. The van der Waals surface area contributed by atoms with E-state index in [1.54, 1.807) is 51.1 Å². The van der Waals surface area contributed by atoms with Gasteiger partial charge in [0, 0.05) is 24.7 Å². The Balaban J connectivity index is 1.68. The molecule has 1 heterocycles. The van der Waals surface area contributed by atoms with Crippen molar-refractivity contribution in [2.75, 3.05) is 6.61 Å². The van der Waals surface area contributed by atoms with E-state index in [2.05, 4.69) is 0 Å². The van der Waals surface area contributed by atoms with E-state index in [4.69, 9.17) is 14.2 Å². The van der Waals surface area contributed by atoms with Gasteiger partial charge in [-0.1, -0.05) is 30.7 Å². The van der Waals surface area contributed by atoms with E-state index >= 15 is 0 Å². The first-order valence-corrected chi connectivity index (χ1v) is 13.2. The Kier molecular flexibility index (Phi) is 6.12. The van der Waals surface area contributed by atoms with Crippen molar-refractivity contribution < 1.29 is 49.0 Å². The summed E-state index contributed by atoms with van der Waals surface area (Å²) in [7, 11) is 0. The molecule has 10 heteroatoms. The summed E-state index contributed by atoms with van der Waals surface area (Å²) in [4.78, 5) is 38.7. The largest absolute Gasteiger partial charge is 0.459 e. The Bertz CT molecular complexity index is 1260. The van der Waals surface area contributed by atoms with E-state index in [-0.39, 0.29) is 24.8 Å². The molecule has 1 aromatic carbocycles. The van der Waals surface area contributed by atoms with E-state index in [1.807, 2.05) is 0 Å². The van der Waals surface area contributed by atoms with Crippen LogP contribution in [0, 0.1) is 16.7 Å². The van der Waals surface area contributed by atoms with Gasteiger partial charge in [0.15, 0.2) is 5.60 Å². The van der Waals surface area contributed by atoms with E-state index in [0.29, 0.717) is 11.1 Å². The summed E-state index contributed by atoms with van der Waals surface area (Å²) < 4.78 is 16.9. The first-order chi connectivity index (χ1) is 18.1. The molecule has 5 rings (SSSR count). The molecule has 212 valence electrons. The normalized spacial score (nSPS) is 42.2. The van der Waals surface area contributed by atoms with E-state index in [1.165, 1.54) is 6.92 Å². The highest BCUT2D eigenvalue weighted by Crippen LogP contribution is 2.73. The number of aliphatic hydroxyl groups excluding tert-OH is 2. The molecule has 39 heavy (non-hydrogen) atoms. The van der Waals surface area contributed by atoms with Crippen molar-refractivity contribution in [1.82, 2.24) is 0 Å². The monoisotopic (exact) mass is 544 g/mol. The highest BCUT2D eigenvalue weighted by atomic mass is 16.6. The maximum atomic E-state index is 13.7. The van der Waals surface area contributed by atoms with Crippen molar-refractivity contribution in [3.8, 4) is 0 Å². The minimum atomic E-state index is -2.41. The quantitative estimate of drug-likeness (QED) is 0.248. The lowest BCUT2D eigenvalue weighted by molar-refractivity contribution is -0.320. The Hall–Kier alpha value is -2.79. The third-order valence-electron chi connectivity index (χ3n) is 10.1. The Morgan fingerprint density at radius 3 is 2.33 bits per heavy atom. The van der Waals surface area contributed by atoms with Gasteiger partial charge in [-0.3, -0.25) is 4.79 Å². The van der Waals surface area contributed by atoms with Gasteiger partial charge in [-0.2, -0.15) is 0 Å². The smallest absolute Gasteiger partial charge is 0.343 e. The van der Waals surface area contributed by atoms with E-state index in [0.717, 1.165) is 6.92 Å². The zero-order valence-electron chi connectivity index (χ0n) is 22.8. The molecule has 2 bridgehead atoms. The summed E-state index contributed by atoms with van der Waals surface area (Å²) >= 11 is 0. The molecule has 3 fully saturated rings. The van der Waals surface area contributed by atoms with Crippen LogP contribution in [0.1, 0.15) is 64.2 Å². The zero-order chi connectivity index (χ0) is 28.8. The van der Waals surface area contributed by atoms with Crippen LogP contribution in [0.25, 0.3) is 0 Å². The van der Waals surface area contributed by atoms with Crippen LogP contribution >= 0.6 is 0 Å². The molecule has 0 spiro atoms. The van der Waals surface area contributed by atoms with Crippen molar-refractivity contribution in [1.29, 1.82) is 0 Å². The van der Waals surface area contributed by atoms with Crippen molar-refractivity contribution >= 4 is 17.9 Å². The second kappa shape index (κ2) is 8.60. The molecule has 1 aromatic rings. The van der Waals surface area contributed by atoms with Crippen molar-refractivity contribution in [3.05, 3.63) is 47.0 Å². The molecule has 0 radical (unpaired) electrons. The predicted molar refractivity (Wildman–Crippen MR) is 135 cm³/mol. The summed E-state index contributed by atoms with van der Waals surface area (Å²) in [6.07, 6.45) is -4.08. The fourth-order valence-electron chi connectivity index (χ4n) is 8.13. The molecule has 3 aliphatic carbocycles. The van der Waals surface area contributed by atoms with Crippen LogP contribution in [-0.4, -0.2) is 80.1 Å². The molecule has 2 saturated carbocycles. The van der Waals surface area contributed by atoms with Gasteiger partial charge < -0.3 is 34.6 Å². The molecular weight excluding hydrogens is 508 g/mol. The first kappa shape index (κ1) is 27.8. The van der Waals surface area contributed by atoms with E-state index in [9.17, 15) is 34.8 Å². The van der Waals surface area contributed by atoms with Crippen LogP contribution in [0.2, 0.25) is 0 Å². The van der Waals surface area contributed by atoms with Crippen molar-refractivity contribution in [3.63, 3.8) is 0 Å². The molecular formula is C29H36O10. The number of hydrogen-bond acceptors (Lipinski definition) is 10. The minimum Gasteiger partial charge on any atom is -0.459 e. The van der Waals surface area contributed by atoms with Crippen LogP contribution in [0.5, 0.6) is 0 Å². The Morgan fingerprint density at radius 1 is 1.08 bits per heavy atom. The summed E-state index contributed by atoms with van der Waals surface area (Å²) in [6, 6.07) is 8.14. The summed E-state index contributed by atoms with van der Waals surface area (Å²) in [5, 5.41) is 47.9. The highest BCUT2D eigenvalue weighted by molar-refractivity contribution is 5.90. The lowest BCUT2D eigenvalue weighted by Crippen LogP contribution is -2.82. The maximum absolute atomic E-state index is 13.7. The average Bonchev–Trinajstić information content (AvgIpc) is 3.13. The lowest BCUT2D eigenvalue weighted by atomic mass is 9.38. The maximum Gasteiger partial charge on any atom is 0.343 e. The summed E-state index contributed by atoms with van der Waals surface area (Å²) in [6.45, 7) is 7.02. The SMILES string of the molecule is CC(=O)O[C@H]1C[C@H](O)[C@]2(C)[C@H](C[C@@]34C(=C(C)C[C@H]3O)[C@@]2(O)C(=O)OC4(C)C)[C@]1(O)COC(=O)c1ccccc1. The lowest BCUT2D eigenvalue weighted by Gasteiger charge is -2.70. The molecule has 0 unspecified atom stereocenters. The van der Waals surface area contributed by atoms with Crippen LogP contribution < -0.4 is 0 Å². The molecule has 0 aromatic heterocycles. The van der Waals surface area contributed by atoms with Crippen molar-refractivity contribution in [2.45, 2.75) is 89.0 Å². The van der Waals surface area contributed by atoms with Crippen LogP contribution in [0.3, 0.4) is 0 Å². The molecule has 1 saturated heterocycles. The molecule has 10 nitrogen and oxygen atoms in total. The Labute approximate surface area is 226 Å². The number of rotatable bonds is 4. The number of cyclic esters (lactones) is 1. The topological polar surface area (TPSA) is 160 Å². The molecule has 4 N–H and O–H groups in total. The third-order valence-corrected chi connectivity index (χ3v) is 10.1. The van der Waals surface area contributed by atoms with Gasteiger partial charge in [0.25, 0.3) is 0 Å². The number of fused-ring (bicyclic) bond motifs is 2. The van der Waals surface area contributed by atoms with Crippen LogP contribution in [-0.2, 0) is 23.8 Å². The minimum absolute atomic E-state index is 0.0475. The third kappa shape index (κ3) is 3.38. The molecule has 0 amide bonds. The second-order valence-electron chi connectivity index (χ2n) is 12.3.